The number of hydrogen-bond donors (Lipinski definition) is 0. The minimum atomic E-state index is -3.91. The maximum atomic E-state index is 12.8. The minimum absolute atomic E-state index is 0.0517. The zero-order valence-corrected chi connectivity index (χ0v) is 11.2. The molecule has 0 unspecified atom stereocenters. The van der Waals surface area contributed by atoms with Gasteiger partial charge in [0.05, 0.1) is 5.02 Å². The van der Waals surface area contributed by atoms with E-state index in [4.69, 9.17) is 22.3 Å². The molecular formula is C12H7Cl2FO2S. The van der Waals surface area contributed by atoms with Crippen LogP contribution in [0, 0.1) is 5.82 Å². The quantitative estimate of drug-likeness (QED) is 0.784. The van der Waals surface area contributed by atoms with Crippen molar-refractivity contribution in [1.82, 2.24) is 0 Å². The first-order valence-corrected chi connectivity index (χ1v) is 7.57. The topological polar surface area (TPSA) is 34.1 Å². The van der Waals surface area contributed by atoms with E-state index in [1.807, 2.05) is 0 Å². The Morgan fingerprint density at radius 3 is 2.06 bits per heavy atom. The van der Waals surface area contributed by atoms with E-state index in [9.17, 15) is 12.8 Å². The summed E-state index contributed by atoms with van der Waals surface area (Å²) in [5.41, 5.74) is 1.27. The smallest absolute Gasteiger partial charge is 0.207 e. The molecule has 0 aliphatic heterocycles. The summed E-state index contributed by atoms with van der Waals surface area (Å²) in [6.45, 7) is 0. The summed E-state index contributed by atoms with van der Waals surface area (Å²) in [6, 6.07) is 10.1. The lowest BCUT2D eigenvalue weighted by atomic mass is 10.1. The zero-order chi connectivity index (χ0) is 13.3. The Morgan fingerprint density at radius 2 is 1.50 bits per heavy atom. The summed E-state index contributed by atoms with van der Waals surface area (Å²) in [5.74, 6) is -0.363. The van der Waals surface area contributed by atoms with Gasteiger partial charge in [0.15, 0.2) is 0 Å². The van der Waals surface area contributed by atoms with Crippen LogP contribution in [0.2, 0.25) is 5.02 Å². The van der Waals surface area contributed by atoms with E-state index in [2.05, 4.69) is 0 Å². The van der Waals surface area contributed by atoms with Gasteiger partial charge in [-0.15, -0.1) is 0 Å². The number of rotatable bonds is 2. The van der Waals surface area contributed by atoms with E-state index in [0.717, 1.165) is 0 Å². The van der Waals surface area contributed by atoms with Crippen molar-refractivity contribution in [2.75, 3.05) is 0 Å². The Kier molecular flexibility index (Phi) is 3.61. The molecule has 0 heterocycles. The molecule has 2 nitrogen and oxygen atoms in total. The molecule has 0 saturated carbocycles. The lowest BCUT2D eigenvalue weighted by Crippen LogP contribution is -1.92. The molecule has 0 bridgehead atoms. The summed E-state index contributed by atoms with van der Waals surface area (Å²) >= 11 is 5.77. The molecule has 0 saturated heterocycles. The van der Waals surface area contributed by atoms with Crippen LogP contribution in [0.3, 0.4) is 0 Å². The molecule has 0 N–H and O–H groups in total. The average Bonchev–Trinajstić information content (AvgIpc) is 2.29. The second kappa shape index (κ2) is 4.88. The predicted molar refractivity (Wildman–Crippen MR) is 69.9 cm³/mol. The van der Waals surface area contributed by atoms with Crippen molar-refractivity contribution < 1.29 is 12.8 Å². The first-order chi connectivity index (χ1) is 8.38. The largest absolute Gasteiger partial charge is 0.262 e. The molecule has 0 spiro atoms. The highest BCUT2D eigenvalue weighted by molar-refractivity contribution is 8.13. The molecule has 0 aromatic heterocycles. The van der Waals surface area contributed by atoms with Gasteiger partial charge in [-0.25, -0.2) is 12.8 Å². The summed E-state index contributed by atoms with van der Waals surface area (Å²) in [5, 5.41) is 0.0517. The van der Waals surface area contributed by atoms with Crippen LogP contribution in [-0.4, -0.2) is 8.42 Å². The third-order valence-corrected chi connectivity index (χ3v) is 4.17. The Bertz CT molecular complexity index is 682. The van der Waals surface area contributed by atoms with E-state index < -0.39 is 9.05 Å². The number of halogens is 3. The van der Waals surface area contributed by atoms with Crippen molar-refractivity contribution in [2.24, 2.45) is 0 Å². The summed E-state index contributed by atoms with van der Waals surface area (Å²) in [7, 11) is 1.37. The first-order valence-electron chi connectivity index (χ1n) is 4.88. The third-order valence-electron chi connectivity index (χ3n) is 2.37. The van der Waals surface area contributed by atoms with Crippen molar-refractivity contribution in [1.29, 1.82) is 0 Å². The van der Waals surface area contributed by atoms with E-state index in [1.165, 1.54) is 24.3 Å². The molecule has 2 aromatic carbocycles. The van der Waals surface area contributed by atoms with E-state index >= 15 is 0 Å². The molecule has 0 amide bonds. The standard InChI is InChI=1S/C12H7Cl2FO2S/c13-11-6-3-9(7-12(11)18(14,16)17)8-1-4-10(15)5-2-8/h1-7H. The fraction of sp³-hybridized carbons (Fsp3) is 0. The monoisotopic (exact) mass is 304 g/mol. The second-order valence-corrected chi connectivity index (χ2v) is 6.53. The minimum Gasteiger partial charge on any atom is -0.207 e. The maximum Gasteiger partial charge on any atom is 0.262 e. The Labute approximate surface area is 113 Å². The van der Waals surface area contributed by atoms with E-state index in [-0.39, 0.29) is 15.7 Å². The van der Waals surface area contributed by atoms with Crippen LogP contribution < -0.4 is 0 Å². The highest BCUT2D eigenvalue weighted by atomic mass is 35.7. The van der Waals surface area contributed by atoms with Gasteiger partial charge in [-0.2, -0.15) is 0 Å². The van der Waals surface area contributed by atoms with Gasteiger partial charge in [-0.3, -0.25) is 0 Å². The molecule has 18 heavy (non-hydrogen) atoms. The van der Waals surface area contributed by atoms with Gasteiger partial charge in [-0.1, -0.05) is 29.8 Å². The van der Waals surface area contributed by atoms with Crippen molar-refractivity contribution in [3.8, 4) is 11.1 Å². The van der Waals surface area contributed by atoms with Crippen molar-refractivity contribution in [3.63, 3.8) is 0 Å². The summed E-state index contributed by atoms with van der Waals surface area (Å²) in [4.78, 5) is -0.160. The fourth-order valence-electron chi connectivity index (χ4n) is 1.51. The van der Waals surface area contributed by atoms with Gasteiger partial charge in [-0.05, 0) is 35.4 Å². The van der Waals surface area contributed by atoms with Crippen molar-refractivity contribution in [2.45, 2.75) is 4.90 Å². The maximum absolute atomic E-state index is 12.8. The van der Waals surface area contributed by atoms with Crippen LogP contribution in [0.25, 0.3) is 11.1 Å². The molecule has 2 rings (SSSR count). The normalized spacial score (nSPS) is 11.5. The van der Waals surface area contributed by atoms with Gasteiger partial charge < -0.3 is 0 Å². The zero-order valence-electron chi connectivity index (χ0n) is 8.90. The van der Waals surface area contributed by atoms with E-state index in [0.29, 0.717) is 11.1 Å². The van der Waals surface area contributed by atoms with Gasteiger partial charge in [0.2, 0.25) is 0 Å². The van der Waals surface area contributed by atoms with Gasteiger partial charge >= 0.3 is 0 Å². The first kappa shape index (κ1) is 13.3. The third kappa shape index (κ3) is 2.83. The number of hydrogen-bond acceptors (Lipinski definition) is 2. The van der Waals surface area contributed by atoms with Crippen molar-refractivity contribution >= 4 is 31.3 Å². The summed E-state index contributed by atoms with van der Waals surface area (Å²) in [6.07, 6.45) is 0. The molecule has 94 valence electrons. The predicted octanol–water partition coefficient (Wildman–Crippen LogP) is 4.07. The molecule has 0 atom stereocenters. The SMILES string of the molecule is O=S(=O)(Cl)c1cc(-c2ccc(F)cc2)ccc1Cl. The lowest BCUT2D eigenvalue weighted by molar-refractivity contribution is 0.609. The Morgan fingerprint density at radius 1 is 0.944 bits per heavy atom. The molecular weight excluding hydrogens is 298 g/mol. The molecule has 0 fully saturated rings. The molecule has 2 aromatic rings. The van der Waals surface area contributed by atoms with E-state index in [1.54, 1.807) is 18.2 Å². The molecule has 6 heteroatoms. The Balaban J connectivity index is 2.57. The number of benzene rings is 2. The summed E-state index contributed by atoms with van der Waals surface area (Å²) < 4.78 is 35.4. The van der Waals surface area contributed by atoms with Gasteiger partial charge in [0, 0.05) is 10.7 Å². The van der Waals surface area contributed by atoms with Gasteiger partial charge in [0.1, 0.15) is 10.7 Å². The molecule has 0 aliphatic carbocycles. The fourth-order valence-corrected chi connectivity index (χ4v) is 3.00. The van der Waals surface area contributed by atoms with Crippen LogP contribution >= 0.6 is 22.3 Å². The average molecular weight is 305 g/mol. The van der Waals surface area contributed by atoms with Crippen LogP contribution in [0.1, 0.15) is 0 Å². The van der Waals surface area contributed by atoms with Crippen LogP contribution in [-0.2, 0) is 9.05 Å². The molecule has 0 aliphatic rings. The van der Waals surface area contributed by atoms with Crippen LogP contribution in [0.15, 0.2) is 47.4 Å². The van der Waals surface area contributed by atoms with Crippen molar-refractivity contribution in [3.05, 3.63) is 53.3 Å². The van der Waals surface area contributed by atoms with Gasteiger partial charge in [0.25, 0.3) is 9.05 Å². The highest BCUT2D eigenvalue weighted by Gasteiger charge is 2.15. The van der Waals surface area contributed by atoms with Crippen LogP contribution in [0.5, 0.6) is 0 Å². The Hall–Kier alpha value is -1.10. The molecule has 0 radical (unpaired) electrons. The van der Waals surface area contributed by atoms with Crippen LogP contribution in [0.4, 0.5) is 4.39 Å². The lowest BCUT2D eigenvalue weighted by Gasteiger charge is -2.05. The highest BCUT2D eigenvalue weighted by Crippen LogP contribution is 2.30. The second-order valence-electron chi connectivity index (χ2n) is 3.59.